The average molecular weight is 203 g/mol. The first-order valence-corrected chi connectivity index (χ1v) is 5.56. The van der Waals surface area contributed by atoms with E-state index in [1.165, 1.54) is 16.7 Å². The Kier molecular flexibility index (Phi) is 2.66. The zero-order valence-corrected chi connectivity index (χ0v) is 8.92. The van der Waals surface area contributed by atoms with Crippen LogP contribution in [0.2, 0.25) is 0 Å². The van der Waals surface area contributed by atoms with Crippen LogP contribution in [0.3, 0.4) is 0 Å². The highest BCUT2D eigenvalue weighted by atomic mass is 32.1. The Morgan fingerprint density at radius 1 is 1.21 bits per heavy atom. The van der Waals surface area contributed by atoms with Crippen molar-refractivity contribution >= 4 is 11.3 Å². The summed E-state index contributed by atoms with van der Waals surface area (Å²) >= 11 is 1.69. The molecule has 2 aromatic rings. The molecule has 0 aliphatic heterocycles. The van der Waals surface area contributed by atoms with E-state index in [1.54, 1.807) is 11.3 Å². The van der Waals surface area contributed by atoms with Crippen LogP contribution in [0.15, 0.2) is 41.1 Å². The minimum atomic E-state index is 0.0150. The van der Waals surface area contributed by atoms with Gasteiger partial charge in [0.1, 0.15) is 0 Å². The van der Waals surface area contributed by atoms with Crippen LogP contribution >= 0.6 is 11.3 Å². The van der Waals surface area contributed by atoms with Crippen LogP contribution in [0.5, 0.6) is 0 Å². The molecule has 1 nitrogen and oxygen atoms in total. The molecule has 72 valence electrons. The Hall–Kier alpha value is -1.12. The zero-order chi connectivity index (χ0) is 9.97. The van der Waals surface area contributed by atoms with Gasteiger partial charge < -0.3 is 5.73 Å². The molecular weight excluding hydrogens is 190 g/mol. The lowest BCUT2D eigenvalue weighted by atomic mass is 10.0. The molecule has 0 radical (unpaired) electrons. The standard InChI is InChI=1S/C12H13NS/c1-9-3-2-4-10(7-9)12(13)11-5-6-14-8-11/h2-8,12H,13H2,1H3/t12-/m0/s1. The van der Waals surface area contributed by atoms with Crippen molar-refractivity contribution in [3.05, 3.63) is 57.8 Å². The molecule has 1 aromatic carbocycles. The average Bonchev–Trinajstić information content (AvgIpc) is 2.69. The molecule has 0 bridgehead atoms. The topological polar surface area (TPSA) is 26.0 Å². The Labute approximate surface area is 88.2 Å². The van der Waals surface area contributed by atoms with Gasteiger partial charge in [-0.1, -0.05) is 29.8 Å². The predicted octanol–water partition coefficient (Wildman–Crippen LogP) is 3.10. The van der Waals surface area contributed by atoms with Crippen molar-refractivity contribution < 1.29 is 0 Å². The van der Waals surface area contributed by atoms with Gasteiger partial charge in [-0.3, -0.25) is 0 Å². The number of benzene rings is 1. The summed E-state index contributed by atoms with van der Waals surface area (Å²) in [5, 5.41) is 4.16. The molecule has 0 unspecified atom stereocenters. The first kappa shape index (κ1) is 9.44. The zero-order valence-electron chi connectivity index (χ0n) is 8.10. The second kappa shape index (κ2) is 3.95. The van der Waals surface area contributed by atoms with Gasteiger partial charge in [0.15, 0.2) is 0 Å². The summed E-state index contributed by atoms with van der Waals surface area (Å²) in [5.41, 5.74) is 9.77. The van der Waals surface area contributed by atoms with Crippen LogP contribution in [0.25, 0.3) is 0 Å². The summed E-state index contributed by atoms with van der Waals surface area (Å²) in [5.74, 6) is 0. The predicted molar refractivity (Wildman–Crippen MR) is 61.5 cm³/mol. The molecule has 0 fully saturated rings. The van der Waals surface area contributed by atoms with Gasteiger partial charge in [-0.05, 0) is 34.9 Å². The smallest absolute Gasteiger partial charge is 0.0559 e. The molecule has 14 heavy (non-hydrogen) atoms. The van der Waals surface area contributed by atoms with E-state index >= 15 is 0 Å². The second-order valence-electron chi connectivity index (χ2n) is 3.45. The van der Waals surface area contributed by atoms with Crippen LogP contribution in [0, 0.1) is 6.92 Å². The third-order valence-corrected chi connectivity index (χ3v) is 3.01. The van der Waals surface area contributed by atoms with Gasteiger partial charge in [-0.25, -0.2) is 0 Å². The van der Waals surface area contributed by atoms with Crippen LogP contribution in [-0.2, 0) is 0 Å². The minimum absolute atomic E-state index is 0.0150. The summed E-state index contributed by atoms with van der Waals surface area (Å²) in [7, 11) is 0. The Morgan fingerprint density at radius 2 is 2.07 bits per heavy atom. The normalized spacial score (nSPS) is 12.7. The molecule has 1 atom stereocenters. The van der Waals surface area contributed by atoms with Crippen LogP contribution < -0.4 is 5.73 Å². The SMILES string of the molecule is Cc1cccc([C@H](N)c2ccsc2)c1. The van der Waals surface area contributed by atoms with Gasteiger partial charge in [0.25, 0.3) is 0 Å². The van der Waals surface area contributed by atoms with Gasteiger partial charge in [-0.2, -0.15) is 11.3 Å². The first-order chi connectivity index (χ1) is 6.77. The van der Waals surface area contributed by atoms with Crippen LogP contribution in [0.4, 0.5) is 0 Å². The summed E-state index contributed by atoms with van der Waals surface area (Å²) in [4.78, 5) is 0. The number of aryl methyl sites for hydroxylation is 1. The molecule has 2 N–H and O–H groups in total. The van der Waals surface area contributed by atoms with Crippen molar-refractivity contribution in [1.29, 1.82) is 0 Å². The molecule has 2 rings (SSSR count). The maximum atomic E-state index is 6.14. The van der Waals surface area contributed by atoms with Crippen molar-refractivity contribution in [3.8, 4) is 0 Å². The first-order valence-electron chi connectivity index (χ1n) is 4.61. The van der Waals surface area contributed by atoms with Gasteiger partial charge in [0, 0.05) is 0 Å². The Balaban J connectivity index is 2.32. The Morgan fingerprint density at radius 3 is 2.71 bits per heavy atom. The van der Waals surface area contributed by atoms with E-state index in [-0.39, 0.29) is 6.04 Å². The molecular formula is C12H13NS. The maximum absolute atomic E-state index is 6.14. The van der Waals surface area contributed by atoms with Crippen molar-refractivity contribution in [1.82, 2.24) is 0 Å². The van der Waals surface area contributed by atoms with Gasteiger partial charge in [-0.15, -0.1) is 0 Å². The quantitative estimate of drug-likeness (QED) is 0.797. The van der Waals surface area contributed by atoms with Gasteiger partial charge in [0.05, 0.1) is 6.04 Å². The molecule has 0 saturated heterocycles. The molecule has 1 aromatic heterocycles. The van der Waals surface area contributed by atoms with E-state index < -0.39 is 0 Å². The number of hydrogen-bond donors (Lipinski definition) is 1. The molecule has 2 heteroatoms. The van der Waals surface area contributed by atoms with E-state index in [0.717, 1.165) is 0 Å². The molecule has 1 heterocycles. The fourth-order valence-corrected chi connectivity index (χ4v) is 2.20. The molecule has 0 spiro atoms. The summed E-state index contributed by atoms with van der Waals surface area (Å²) in [6.45, 7) is 2.09. The lowest BCUT2D eigenvalue weighted by molar-refractivity contribution is 0.875. The van der Waals surface area contributed by atoms with Gasteiger partial charge in [0.2, 0.25) is 0 Å². The Bertz CT molecular complexity index is 406. The molecule has 0 saturated carbocycles. The van der Waals surface area contributed by atoms with E-state index in [4.69, 9.17) is 5.73 Å². The van der Waals surface area contributed by atoms with E-state index in [2.05, 4.69) is 48.0 Å². The number of nitrogens with two attached hydrogens (primary N) is 1. The third kappa shape index (κ3) is 1.86. The lowest BCUT2D eigenvalue weighted by Gasteiger charge is -2.10. The fraction of sp³-hybridized carbons (Fsp3) is 0.167. The van der Waals surface area contributed by atoms with Crippen molar-refractivity contribution in [3.63, 3.8) is 0 Å². The minimum Gasteiger partial charge on any atom is -0.320 e. The van der Waals surface area contributed by atoms with E-state index in [9.17, 15) is 0 Å². The highest BCUT2D eigenvalue weighted by molar-refractivity contribution is 7.08. The van der Waals surface area contributed by atoms with Crippen molar-refractivity contribution in [2.75, 3.05) is 0 Å². The maximum Gasteiger partial charge on any atom is 0.0559 e. The number of hydrogen-bond acceptors (Lipinski definition) is 2. The summed E-state index contributed by atoms with van der Waals surface area (Å²) in [6, 6.07) is 10.5. The number of rotatable bonds is 2. The summed E-state index contributed by atoms with van der Waals surface area (Å²) in [6.07, 6.45) is 0. The highest BCUT2D eigenvalue weighted by Crippen LogP contribution is 2.21. The summed E-state index contributed by atoms with van der Waals surface area (Å²) < 4.78 is 0. The highest BCUT2D eigenvalue weighted by Gasteiger charge is 2.08. The largest absolute Gasteiger partial charge is 0.320 e. The number of thiophene rings is 1. The molecule has 0 aliphatic carbocycles. The fourth-order valence-electron chi connectivity index (χ4n) is 1.51. The second-order valence-corrected chi connectivity index (χ2v) is 4.23. The van der Waals surface area contributed by atoms with Crippen LogP contribution in [-0.4, -0.2) is 0 Å². The monoisotopic (exact) mass is 203 g/mol. The third-order valence-electron chi connectivity index (χ3n) is 2.30. The van der Waals surface area contributed by atoms with Crippen molar-refractivity contribution in [2.45, 2.75) is 13.0 Å². The van der Waals surface area contributed by atoms with Gasteiger partial charge >= 0.3 is 0 Å². The van der Waals surface area contributed by atoms with E-state index in [0.29, 0.717) is 0 Å². The molecule has 0 aliphatic rings. The van der Waals surface area contributed by atoms with E-state index in [1.807, 2.05) is 0 Å². The molecule has 0 amide bonds. The van der Waals surface area contributed by atoms with Crippen molar-refractivity contribution in [2.24, 2.45) is 5.73 Å². The van der Waals surface area contributed by atoms with Crippen LogP contribution in [0.1, 0.15) is 22.7 Å². The lowest BCUT2D eigenvalue weighted by Crippen LogP contribution is -2.10.